The van der Waals surface area contributed by atoms with Gasteiger partial charge >= 0.3 is 5.97 Å². The lowest BCUT2D eigenvalue weighted by molar-refractivity contribution is -0.149. The van der Waals surface area contributed by atoms with E-state index in [-0.39, 0.29) is 24.8 Å². The van der Waals surface area contributed by atoms with Crippen LogP contribution in [0.5, 0.6) is 5.75 Å². The Morgan fingerprint density at radius 1 is 1.14 bits per heavy atom. The molecule has 0 unspecified atom stereocenters. The summed E-state index contributed by atoms with van der Waals surface area (Å²) in [4.78, 5) is 25.1. The first kappa shape index (κ1) is 22.2. The third-order valence-corrected chi connectivity index (χ3v) is 6.73. The molecule has 2 rings (SSSR count). The zero-order valence-corrected chi connectivity index (χ0v) is 17.7. The van der Waals surface area contributed by atoms with Crippen molar-refractivity contribution >= 4 is 21.9 Å². The summed E-state index contributed by atoms with van der Waals surface area (Å²) in [5, 5.41) is 2.93. The quantitative estimate of drug-likeness (QED) is 0.678. The van der Waals surface area contributed by atoms with Crippen LogP contribution in [-0.4, -0.2) is 58.2 Å². The van der Waals surface area contributed by atoms with Gasteiger partial charge in [-0.15, -0.1) is 0 Å². The van der Waals surface area contributed by atoms with E-state index in [1.54, 1.807) is 7.11 Å². The smallest absolute Gasteiger partial charge is 0.309 e. The number of benzene rings is 1. The van der Waals surface area contributed by atoms with E-state index in [2.05, 4.69) is 5.32 Å². The van der Waals surface area contributed by atoms with E-state index >= 15 is 0 Å². The van der Waals surface area contributed by atoms with Gasteiger partial charge in [0.1, 0.15) is 5.75 Å². The molecule has 1 fully saturated rings. The topological polar surface area (TPSA) is 102 Å². The Bertz CT molecular complexity index is 808. The maximum absolute atomic E-state index is 12.9. The first-order chi connectivity index (χ1) is 13.1. The summed E-state index contributed by atoms with van der Waals surface area (Å²) in [7, 11) is 0.890. The van der Waals surface area contributed by atoms with Crippen LogP contribution in [0.1, 0.15) is 31.4 Å². The van der Waals surface area contributed by atoms with Crippen LogP contribution in [0.25, 0.3) is 0 Å². The highest BCUT2D eigenvalue weighted by molar-refractivity contribution is 7.88. The number of sulfonamides is 1. The van der Waals surface area contributed by atoms with Gasteiger partial charge < -0.3 is 14.8 Å². The molecule has 4 atom stereocenters. The number of nitrogens with one attached hydrogen (secondary N) is 1. The summed E-state index contributed by atoms with van der Waals surface area (Å²) < 4.78 is 34.9. The van der Waals surface area contributed by atoms with E-state index in [0.29, 0.717) is 0 Å². The van der Waals surface area contributed by atoms with Gasteiger partial charge in [-0.2, -0.15) is 0 Å². The van der Waals surface area contributed by atoms with Crippen LogP contribution in [0.3, 0.4) is 0 Å². The van der Waals surface area contributed by atoms with Crippen molar-refractivity contribution in [2.45, 2.75) is 31.8 Å². The van der Waals surface area contributed by atoms with E-state index in [1.807, 2.05) is 31.2 Å². The second-order valence-electron chi connectivity index (χ2n) is 7.14. The largest absolute Gasteiger partial charge is 0.497 e. The number of hydrogen-bond donors (Lipinski definition) is 1. The number of ether oxygens (including phenoxy) is 2. The zero-order chi connectivity index (χ0) is 21.1. The molecule has 28 heavy (non-hydrogen) atoms. The molecule has 1 N–H and O–H groups in total. The molecular weight excluding hydrogens is 384 g/mol. The third-order valence-electron chi connectivity index (χ3n) is 5.39. The Hall–Kier alpha value is -2.13. The lowest BCUT2D eigenvalue weighted by Crippen LogP contribution is -2.37. The molecule has 0 saturated heterocycles. The predicted molar refractivity (Wildman–Crippen MR) is 104 cm³/mol. The molecular formula is C19H28N2O6S. The van der Waals surface area contributed by atoms with Gasteiger partial charge in [0.05, 0.1) is 38.4 Å². The number of methoxy groups -OCH3 is 2. The summed E-state index contributed by atoms with van der Waals surface area (Å²) in [6.07, 6.45) is 1.63. The van der Waals surface area contributed by atoms with Crippen molar-refractivity contribution in [1.82, 2.24) is 9.62 Å². The number of rotatable bonds is 7. The Kier molecular flexibility index (Phi) is 7.06. The molecule has 156 valence electrons. The van der Waals surface area contributed by atoms with Crippen molar-refractivity contribution in [2.75, 3.05) is 27.5 Å². The number of hydrogen-bond acceptors (Lipinski definition) is 6. The number of nitrogens with zero attached hydrogens (tertiary/aromatic N) is 1. The normalized spacial score (nSPS) is 23.3. The Morgan fingerprint density at radius 3 is 2.21 bits per heavy atom. The van der Waals surface area contributed by atoms with Crippen LogP contribution in [0.4, 0.5) is 0 Å². The summed E-state index contributed by atoms with van der Waals surface area (Å²) in [5.74, 6) is -1.40. The molecule has 1 amide bonds. The molecule has 1 aromatic carbocycles. The molecule has 0 spiro atoms. The van der Waals surface area contributed by atoms with Crippen molar-refractivity contribution < 1.29 is 27.5 Å². The van der Waals surface area contributed by atoms with Gasteiger partial charge in [0.25, 0.3) is 0 Å². The number of esters is 1. The molecule has 9 heteroatoms. The molecule has 0 aromatic heterocycles. The van der Waals surface area contributed by atoms with Crippen LogP contribution in [0.2, 0.25) is 0 Å². The van der Waals surface area contributed by atoms with Gasteiger partial charge in [0.15, 0.2) is 0 Å². The van der Waals surface area contributed by atoms with Gasteiger partial charge in [-0.1, -0.05) is 12.1 Å². The van der Waals surface area contributed by atoms with Crippen LogP contribution in [-0.2, 0) is 24.3 Å². The summed E-state index contributed by atoms with van der Waals surface area (Å²) in [5.41, 5.74) is 0.895. The standard InChI is InChI=1S/C19H28N2O6S/c1-12(13-6-8-15(26-3)9-7-13)20-18(22)16-10-14(21(2)28(5,24)25)11-17(16)19(23)27-4/h6-9,12,14,16-17H,10-11H2,1-5H3,(H,20,22)/t12-,14-,16+,17+/m0/s1. The maximum atomic E-state index is 12.9. The Labute approximate surface area is 166 Å². The van der Waals surface area contributed by atoms with E-state index < -0.39 is 33.9 Å². The van der Waals surface area contributed by atoms with Crippen LogP contribution in [0, 0.1) is 11.8 Å². The molecule has 1 aliphatic carbocycles. The first-order valence-corrected chi connectivity index (χ1v) is 10.9. The molecule has 1 aromatic rings. The van der Waals surface area contributed by atoms with Gasteiger partial charge in [-0.05, 0) is 37.5 Å². The molecule has 0 radical (unpaired) electrons. The van der Waals surface area contributed by atoms with Crippen LogP contribution >= 0.6 is 0 Å². The van der Waals surface area contributed by atoms with E-state index in [4.69, 9.17) is 9.47 Å². The van der Waals surface area contributed by atoms with Gasteiger partial charge in [0.2, 0.25) is 15.9 Å². The molecule has 1 saturated carbocycles. The molecule has 1 aliphatic rings. The lowest BCUT2D eigenvalue weighted by atomic mass is 9.94. The Balaban J connectivity index is 2.14. The average molecular weight is 413 g/mol. The summed E-state index contributed by atoms with van der Waals surface area (Å²) >= 11 is 0. The molecule has 0 heterocycles. The van der Waals surface area contributed by atoms with E-state index in [1.165, 1.54) is 18.5 Å². The van der Waals surface area contributed by atoms with E-state index in [0.717, 1.165) is 17.6 Å². The SMILES string of the molecule is COC(=O)[C@@H]1C[C@@H](N(C)S(C)(=O)=O)C[C@H]1C(=O)N[C@@H](C)c1ccc(OC)cc1. The Morgan fingerprint density at radius 2 is 1.71 bits per heavy atom. The fraction of sp³-hybridized carbons (Fsp3) is 0.579. The molecule has 8 nitrogen and oxygen atoms in total. The molecule has 0 aliphatic heterocycles. The number of carbonyl (C=O) groups excluding carboxylic acids is 2. The minimum absolute atomic E-state index is 0.255. The third kappa shape index (κ3) is 5.02. The van der Waals surface area contributed by atoms with Gasteiger partial charge in [0, 0.05) is 13.1 Å². The van der Waals surface area contributed by atoms with Crippen molar-refractivity contribution in [3.63, 3.8) is 0 Å². The average Bonchev–Trinajstić information content (AvgIpc) is 3.11. The fourth-order valence-corrected chi connectivity index (χ4v) is 4.29. The minimum Gasteiger partial charge on any atom is -0.497 e. The van der Waals surface area contributed by atoms with Crippen molar-refractivity contribution in [1.29, 1.82) is 0 Å². The van der Waals surface area contributed by atoms with Gasteiger partial charge in [-0.3, -0.25) is 9.59 Å². The fourth-order valence-electron chi connectivity index (χ4n) is 3.58. The van der Waals surface area contributed by atoms with Crippen LogP contribution in [0.15, 0.2) is 24.3 Å². The summed E-state index contributed by atoms with van der Waals surface area (Å²) in [6.45, 7) is 1.85. The second-order valence-corrected chi connectivity index (χ2v) is 9.19. The number of carbonyl (C=O) groups is 2. The highest BCUT2D eigenvalue weighted by Crippen LogP contribution is 2.37. The lowest BCUT2D eigenvalue weighted by Gasteiger charge is -2.22. The van der Waals surface area contributed by atoms with Crippen molar-refractivity contribution in [3.8, 4) is 5.75 Å². The highest BCUT2D eigenvalue weighted by Gasteiger charge is 2.46. The second kappa shape index (κ2) is 8.91. The number of amides is 1. The van der Waals surface area contributed by atoms with E-state index in [9.17, 15) is 18.0 Å². The predicted octanol–water partition coefficient (Wildman–Crippen LogP) is 1.33. The first-order valence-electron chi connectivity index (χ1n) is 9.03. The zero-order valence-electron chi connectivity index (χ0n) is 16.8. The maximum Gasteiger partial charge on any atom is 0.309 e. The minimum atomic E-state index is -3.43. The summed E-state index contributed by atoms with van der Waals surface area (Å²) in [6, 6.07) is 6.63. The molecule has 0 bridgehead atoms. The monoisotopic (exact) mass is 412 g/mol. The van der Waals surface area contributed by atoms with Gasteiger partial charge in [-0.25, -0.2) is 12.7 Å². The van der Waals surface area contributed by atoms with Crippen LogP contribution < -0.4 is 10.1 Å². The highest BCUT2D eigenvalue weighted by atomic mass is 32.2. The van der Waals surface area contributed by atoms with Crippen molar-refractivity contribution in [3.05, 3.63) is 29.8 Å². The van der Waals surface area contributed by atoms with Crippen molar-refractivity contribution in [2.24, 2.45) is 11.8 Å².